The summed E-state index contributed by atoms with van der Waals surface area (Å²) < 4.78 is 0.874. The Morgan fingerprint density at radius 2 is 1.94 bits per heavy atom. The zero-order chi connectivity index (χ0) is 12.4. The van der Waals surface area contributed by atoms with Crippen molar-refractivity contribution in [1.82, 2.24) is 14.8 Å². The van der Waals surface area contributed by atoms with Gasteiger partial charge < -0.3 is 5.11 Å². The molecule has 0 bridgehead atoms. The van der Waals surface area contributed by atoms with Crippen molar-refractivity contribution in [2.24, 2.45) is 0 Å². The largest absolute Gasteiger partial charge is 0.508 e. The molecular formula is C10H6N4O3. The summed E-state index contributed by atoms with van der Waals surface area (Å²) >= 11 is 0. The van der Waals surface area contributed by atoms with Crippen molar-refractivity contribution in [1.29, 1.82) is 5.26 Å². The highest BCUT2D eigenvalue weighted by molar-refractivity contribution is 5.35. The smallest absolute Gasteiger partial charge is 0.349 e. The Balaban J connectivity index is 2.68. The molecule has 0 fully saturated rings. The van der Waals surface area contributed by atoms with E-state index in [1.807, 2.05) is 4.98 Å². The molecule has 0 aliphatic rings. The molecule has 2 aromatic rings. The van der Waals surface area contributed by atoms with Crippen LogP contribution in [0.15, 0.2) is 33.9 Å². The topological polar surface area (TPSA) is 112 Å². The predicted octanol–water partition coefficient (Wildman–Crippen LogP) is -0.502. The maximum atomic E-state index is 11.5. The Morgan fingerprint density at radius 3 is 2.53 bits per heavy atom. The van der Waals surface area contributed by atoms with E-state index in [2.05, 4.69) is 5.10 Å². The van der Waals surface area contributed by atoms with E-state index in [0.29, 0.717) is 5.69 Å². The molecule has 0 aliphatic carbocycles. The summed E-state index contributed by atoms with van der Waals surface area (Å²) in [5, 5.41) is 21.3. The van der Waals surface area contributed by atoms with Gasteiger partial charge in [-0.2, -0.15) is 9.94 Å². The molecule has 0 saturated carbocycles. The van der Waals surface area contributed by atoms with E-state index in [4.69, 9.17) is 10.4 Å². The molecule has 2 N–H and O–H groups in total. The molecule has 0 aliphatic heterocycles. The average Bonchev–Trinajstić information content (AvgIpc) is 2.31. The number of aromatic nitrogens is 3. The van der Waals surface area contributed by atoms with Gasteiger partial charge in [0.2, 0.25) is 5.69 Å². The van der Waals surface area contributed by atoms with E-state index < -0.39 is 16.9 Å². The van der Waals surface area contributed by atoms with E-state index in [9.17, 15) is 9.59 Å². The third-order valence-corrected chi connectivity index (χ3v) is 2.03. The molecule has 0 saturated heterocycles. The molecular weight excluding hydrogens is 224 g/mol. The maximum absolute atomic E-state index is 11.5. The van der Waals surface area contributed by atoms with Crippen molar-refractivity contribution in [3.8, 4) is 17.5 Å². The molecule has 2 rings (SSSR count). The highest BCUT2D eigenvalue weighted by Crippen LogP contribution is 2.10. The van der Waals surface area contributed by atoms with Crippen LogP contribution < -0.4 is 11.2 Å². The average molecular weight is 230 g/mol. The number of aromatic amines is 1. The summed E-state index contributed by atoms with van der Waals surface area (Å²) in [5.74, 6) is 0.0340. The van der Waals surface area contributed by atoms with Crippen molar-refractivity contribution in [3.63, 3.8) is 0 Å². The fraction of sp³-hybridized carbons (Fsp3) is 0. The van der Waals surface area contributed by atoms with Crippen molar-refractivity contribution in [2.75, 3.05) is 0 Å². The molecule has 0 spiro atoms. The minimum absolute atomic E-state index is 0.0340. The summed E-state index contributed by atoms with van der Waals surface area (Å²) in [6, 6.07) is 7.17. The normalized spacial score (nSPS) is 9.82. The highest BCUT2D eigenvalue weighted by atomic mass is 16.3. The van der Waals surface area contributed by atoms with Gasteiger partial charge in [-0.25, -0.2) is 4.79 Å². The van der Waals surface area contributed by atoms with Crippen LogP contribution in [0.2, 0.25) is 0 Å². The molecule has 0 atom stereocenters. The lowest BCUT2D eigenvalue weighted by molar-refractivity contribution is 0.475. The van der Waals surface area contributed by atoms with Crippen molar-refractivity contribution in [2.45, 2.75) is 0 Å². The van der Waals surface area contributed by atoms with Gasteiger partial charge in [0.1, 0.15) is 11.8 Å². The van der Waals surface area contributed by atoms with Crippen molar-refractivity contribution >= 4 is 0 Å². The predicted molar refractivity (Wildman–Crippen MR) is 56.8 cm³/mol. The van der Waals surface area contributed by atoms with Crippen molar-refractivity contribution < 1.29 is 5.11 Å². The number of hydrogen-bond acceptors (Lipinski definition) is 5. The Labute approximate surface area is 94.2 Å². The van der Waals surface area contributed by atoms with Gasteiger partial charge in [0.05, 0.1) is 5.69 Å². The molecule has 84 valence electrons. The molecule has 1 heterocycles. The molecule has 0 unspecified atom stereocenters. The summed E-state index contributed by atoms with van der Waals surface area (Å²) in [5.41, 5.74) is -1.65. The third-order valence-electron chi connectivity index (χ3n) is 2.03. The van der Waals surface area contributed by atoms with Gasteiger partial charge in [-0.15, -0.1) is 5.10 Å². The zero-order valence-electron chi connectivity index (χ0n) is 8.41. The van der Waals surface area contributed by atoms with Crippen LogP contribution in [0.1, 0.15) is 5.69 Å². The molecule has 7 heteroatoms. The third kappa shape index (κ3) is 1.91. The van der Waals surface area contributed by atoms with E-state index in [-0.39, 0.29) is 5.75 Å². The fourth-order valence-electron chi connectivity index (χ4n) is 1.24. The number of nitrogens with zero attached hydrogens (tertiary/aromatic N) is 3. The molecule has 0 radical (unpaired) electrons. The summed E-state index contributed by atoms with van der Waals surface area (Å²) in [4.78, 5) is 24.6. The minimum Gasteiger partial charge on any atom is -0.508 e. The number of rotatable bonds is 1. The van der Waals surface area contributed by atoms with Crippen LogP contribution >= 0.6 is 0 Å². The van der Waals surface area contributed by atoms with Gasteiger partial charge in [0.25, 0.3) is 5.56 Å². The van der Waals surface area contributed by atoms with Crippen LogP contribution in [0.25, 0.3) is 5.69 Å². The monoisotopic (exact) mass is 230 g/mol. The molecule has 0 amide bonds. The number of nitrogens with one attached hydrogen (secondary N) is 1. The van der Waals surface area contributed by atoms with Crippen molar-refractivity contribution in [3.05, 3.63) is 50.8 Å². The quantitative estimate of drug-likeness (QED) is 0.685. The number of aromatic hydroxyl groups is 1. The summed E-state index contributed by atoms with van der Waals surface area (Å²) in [6.45, 7) is 0. The SMILES string of the molecule is N#Cc1nn(-c2ccc(O)cc2)c(=O)[nH]c1=O. The minimum atomic E-state index is -0.826. The van der Waals surface area contributed by atoms with E-state index in [1.165, 1.54) is 24.3 Å². The number of H-pyrrole nitrogens is 1. The van der Waals surface area contributed by atoms with Gasteiger partial charge in [-0.05, 0) is 24.3 Å². The molecule has 1 aromatic heterocycles. The number of phenols is 1. The molecule has 7 nitrogen and oxygen atoms in total. The maximum Gasteiger partial charge on any atom is 0.349 e. The number of hydrogen-bond donors (Lipinski definition) is 2. The fourth-order valence-corrected chi connectivity index (χ4v) is 1.24. The lowest BCUT2D eigenvalue weighted by atomic mass is 10.3. The number of benzene rings is 1. The van der Waals surface area contributed by atoms with E-state index in [1.54, 1.807) is 6.07 Å². The Hall–Kier alpha value is -2.88. The molecule has 1 aromatic carbocycles. The lowest BCUT2D eigenvalue weighted by Crippen LogP contribution is -2.33. The number of phenolic OH excluding ortho intramolecular Hbond substituents is 1. The highest BCUT2D eigenvalue weighted by Gasteiger charge is 2.07. The first-order valence-corrected chi connectivity index (χ1v) is 4.55. The zero-order valence-corrected chi connectivity index (χ0v) is 8.41. The van der Waals surface area contributed by atoms with E-state index >= 15 is 0 Å². The second-order valence-corrected chi connectivity index (χ2v) is 3.15. The van der Waals surface area contributed by atoms with Crippen LogP contribution in [0, 0.1) is 11.3 Å². The first kappa shape index (κ1) is 10.6. The first-order chi connectivity index (χ1) is 8.11. The summed E-state index contributed by atoms with van der Waals surface area (Å²) in [7, 11) is 0. The lowest BCUT2D eigenvalue weighted by Gasteiger charge is -2.03. The van der Waals surface area contributed by atoms with Crippen LogP contribution in [-0.2, 0) is 0 Å². The van der Waals surface area contributed by atoms with Crippen LogP contribution in [0.4, 0.5) is 0 Å². The first-order valence-electron chi connectivity index (χ1n) is 4.55. The summed E-state index contributed by atoms with van der Waals surface area (Å²) in [6.07, 6.45) is 0. The Morgan fingerprint density at radius 1 is 1.29 bits per heavy atom. The van der Waals surface area contributed by atoms with Crippen LogP contribution in [-0.4, -0.2) is 19.9 Å². The van der Waals surface area contributed by atoms with Crippen LogP contribution in [0.3, 0.4) is 0 Å². The second-order valence-electron chi connectivity index (χ2n) is 3.15. The standard InChI is InChI=1S/C10H6N4O3/c11-5-8-9(16)12-10(17)14(13-8)6-1-3-7(15)4-2-6/h1-4,15H,(H,12,16,17). The number of nitriles is 1. The molecule has 17 heavy (non-hydrogen) atoms. The van der Waals surface area contributed by atoms with Gasteiger partial charge >= 0.3 is 5.69 Å². The van der Waals surface area contributed by atoms with Gasteiger partial charge in [-0.3, -0.25) is 9.78 Å². The Kier molecular flexibility index (Phi) is 2.46. The van der Waals surface area contributed by atoms with E-state index in [0.717, 1.165) is 4.68 Å². The Bertz CT molecular complexity index is 706. The van der Waals surface area contributed by atoms with Crippen LogP contribution in [0.5, 0.6) is 5.75 Å². The van der Waals surface area contributed by atoms with Gasteiger partial charge in [0.15, 0.2) is 0 Å². The van der Waals surface area contributed by atoms with Gasteiger partial charge in [0, 0.05) is 0 Å². The second kappa shape index (κ2) is 3.94. The van der Waals surface area contributed by atoms with Gasteiger partial charge in [-0.1, -0.05) is 0 Å².